The first kappa shape index (κ1) is 13.2. The molecule has 1 aromatic rings. The highest BCUT2D eigenvalue weighted by atomic mass is 19.2. The van der Waals surface area contributed by atoms with Crippen molar-refractivity contribution in [1.82, 2.24) is 0 Å². The molecule has 0 atom stereocenters. The molecule has 0 saturated carbocycles. The second kappa shape index (κ2) is 5.47. The minimum Gasteiger partial charge on any atom is -0.423 e. The van der Waals surface area contributed by atoms with Crippen molar-refractivity contribution < 1.29 is 27.5 Å². The highest BCUT2D eigenvalue weighted by molar-refractivity contribution is 5.78. The fraction of sp³-hybridized carbons (Fsp3) is 0.273. The molecule has 0 bridgehead atoms. The van der Waals surface area contributed by atoms with Crippen LogP contribution in [-0.2, 0) is 4.79 Å². The molecule has 0 spiro atoms. The average Bonchev–Trinajstić information content (AvgIpc) is 2.27. The molecule has 0 aliphatic carbocycles. The highest BCUT2D eigenvalue weighted by Crippen LogP contribution is 2.25. The molecule has 0 aliphatic rings. The molecule has 0 fully saturated rings. The maximum Gasteiger partial charge on any atom is 0.311 e. The summed E-state index contributed by atoms with van der Waals surface area (Å²) in [6, 6.07) is 0.394. The monoisotopic (exact) mass is 246 g/mol. The molecule has 0 aliphatic heterocycles. The normalized spacial score (nSPS) is 10.1. The molecule has 0 unspecified atom stereocenters. The SMILES string of the molecule is CCCC(=O)Oc1cc(F)c(F)c(C=O)c1F. The number of carbonyl (C=O) groups excluding carboxylic acids is 2. The number of hydrogen-bond donors (Lipinski definition) is 0. The van der Waals surface area contributed by atoms with Crippen molar-refractivity contribution in [3.05, 3.63) is 29.1 Å². The summed E-state index contributed by atoms with van der Waals surface area (Å²) in [5.41, 5.74) is -1.09. The van der Waals surface area contributed by atoms with Crippen LogP contribution in [0, 0.1) is 17.5 Å². The molecule has 0 amide bonds. The predicted octanol–water partition coefficient (Wildman–Crippen LogP) is 2.62. The minimum absolute atomic E-state index is 0.00879. The summed E-state index contributed by atoms with van der Waals surface area (Å²) in [5.74, 6) is -6.01. The molecular weight excluding hydrogens is 237 g/mol. The van der Waals surface area contributed by atoms with Gasteiger partial charge in [-0.2, -0.15) is 0 Å². The van der Waals surface area contributed by atoms with Gasteiger partial charge < -0.3 is 4.74 Å². The van der Waals surface area contributed by atoms with Crippen molar-refractivity contribution in [3.8, 4) is 5.75 Å². The van der Waals surface area contributed by atoms with Gasteiger partial charge in [-0.05, 0) is 6.42 Å². The summed E-state index contributed by atoms with van der Waals surface area (Å²) >= 11 is 0. The fourth-order valence-corrected chi connectivity index (χ4v) is 1.16. The smallest absolute Gasteiger partial charge is 0.311 e. The van der Waals surface area contributed by atoms with Crippen LogP contribution in [0.4, 0.5) is 13.2 Å². The lowest BCUT2D eigenvalue weighted by Crippen LogP contribution is -2.10. The maximum atomic E-state index is 13.4. The quantitative estimate of drug-likeness (QED) is 0.355. The minimum atomic E-state index is -1.60. The first-order chi connectivity index (χ1) is 8.01. The Morgan fingerprint density at radius 2 is 2.00 bits per heavy atom. The Labute approximate surface area is 95.2 Å². The van der Waals surface area contributed by atoms with E-state index in [0.29, 0.717) is 12.5 Å². The van der Waals surface area contributed by atoms with Crippen molar-refractivity contribution in [2.75, 3.05) is 0 Å². The van der Waals surface area contributed by atoms with Gasteiger partial charge in [-0.25, -0.2) is 13.2 Å². The summed E-state index contributed by atoms with van der Waals surface area (Å²) in [4.78, 5) is 21.4. The summed E-state index contributed by atoms with van der Waals surface area (Å²) in [7, 11) is 0. The molecule has 1 rings (SSSR count). The number of esters is 1. The molecule has 3 nitrogen and oxygen atoms in total. The number of hydrogen-bond acceptors (Lipinski definition) is 3. The number of aldehydes is 1. The topological polar surface area (TPSA) is 43.4 Å². The van der Waals surface area contributed by atoms with Crippen LogP contribution >= 0.6 is 0 Å². The molecular formula is C11H9F3O3. The largest absolute Gasteiger partial charge is 0.423 e. The van der Waals surface area contributed by atoms with Crippen LogP contribution in [0.2, 0.25) is 0 Å². The van der Waals surface area contributed by atoms with E-state index in [1.54, 1.807) is 6.92 Å². The van der Waals surface area contributed by atoms with Gasteiger partial charge >= 0.3 is 5.97 Å². The van der Waals surface area contributed by atoms with Crippen LogP contribution < -0.4 is 4.74 Å². The third-order valence-corrected chi connectivity index (χ3v) is 1.95. The van der Waals surface area contributed by atoms with Crippen LogP contribution in [0.25, 0.3) is 0 Å². The first-order valence-electron chi connectivity index (χ1n) is 4.84. The van der Waals surface area contributed by atoms with Gasteiger partial charge in [0.05, 0.1) is 5.56 Å². The van der Waals surface area contributed by atoms with E-state index in [2.05, 4.69) is 4.74 Å². The van der Waals surface area contributed by atoms with Crippen LogP contribution in [0.5, 0.6) is 5.75 Å². The van der Waals surface area contributed by atoms with Gasteiger partial charge in [-0.15, -0.1) is 0 Å². The van der Waals surface area contributed by atoms with E-state index < -0.39 is 34.7 Å². The van der Waals surface area contributed by atoms with E-state index in [9.17, 15) is 22.8 Å². The van der Waals surface area contributed by atoms with E-state index in [4.69, 9.17) is 0 Å². The van der Waals surface area contributed by atoms with Gasteiger partial charge in [-0.1, -0.05) is 6.92 Å². The molecule has 0 aromatic heterocycles. The lowest BCUT2D eigenvalue weighted by atomic mass is 10.2. The van der Waals surface area contributed by atoms with E-state index in [-0.39, 0.29) is 12.7 Å². The lowest BCUT2D eigenvalue weighted by Gasteiger charge is -2.07. The molecule has 1 aromatic carbocycles. The third-order valence-electron chi connectivity index (χ3n) is 1.95. The third kappa shape index (κ3) is 2.83. The standard InChI is InChI=1S/C11H9F3O3/c1-2-3-9(16)17-8-4-7(12)10(13)6(5-15)11(8)14/h4-5H,2-3H2,1H3. The van der Waals surface area contributed by atoms with E-state index >= 15 is 0 Å². The van der Waals surface area contributed by atoms with Gasteiger partial charge in [0.2, 0.25) is 0 Å². The lowest BCUT2D eigenvalue weighted by molar-refractivity contribution is -0.134. The van der Waals surface area contributed by atoms with Crippen LogP contribution in [0.3, 0.4) is 0 Å². The zero-order valence-electron chi connectivity index (χ0n) is 8.93. The van der Waals surface area contributed by atoms with Gasteiger partial charge in [0.1, 0.15) is 0 Å². The second-order valence-corrected chi connectivity index (χ2v) is 3.24. The molecule has 0 radical (unpaired) electrons. The van der Waals surface area contributed by atoms with Crippen LogP contribution in [0.15, 0.2) is 6.07 Å². The Balaban J connectivity index is 3.13. The molecule has 17 heavy (non-hydrogen) atoms. The van der Waals surface area contributed by atoms with Gasteiger partial charge in [0.15, 0.2) is 29.5 Å². The number of ether oxygens (including phenoxy) is 1. The van der Waals surface area contributed by atoms with E-state index in [1.807, 2.05) is 0 Å². The van der Waals surface area contributed by atoms with Crippen LogP contribution in [0.1, 0.15) is 30.1 Å². The zero-order valence-corrected chi connectivity index (χ0v) is 8.93. The van der Waals surface area contributed by atoms with Gasteiger partial charge in [0.25, 0.3) is 0 Å². The highest BCUT2D eigenvalue weighted by Gasteiger charge is 2.20. The van der Waals surface area contributed by atoms with Crippen molar-refractivity contribution >= 4 is 12.3 Å². The molecule has 0 saturated heterocycles. The number of benzene rings is 1. The molecule has 0 N–H and O–H groups in total. The Kier molecular flexibility index (Phi) is 4.25. The van der Waals surface area contributed by atoms with Gasteiger partial charge in [0, 0.05) is 12.5 Å². The maximum absolute atomic E-state index is 13.4. The Hall–Kier alpha value is -1.85. The predicted molar refractivity (Wildman–Crippen MR) is 52.2 cm³/mol. The zero-order chi connectivity index (χ0) is 13.0. The van der Waals surface area contributed by atoms with Crippen molar-refractivity contribution in [3.63, 3.8) is 0 Å². The van der Waals surface area contributed by atoms with Crippen molar-refractivity contribution in [1.29, 1.82) is 0 Å². The average molecular weight is 246 g/mol. The second-order valence-electron chi connectivity index (χ2n) is 3.24. The summed E-state index contributed by atoms with van der Waals surface area (Å²) < 4.78 is 43.8. The van der Waals surface area contributed by atoms with Crippen LogP contribution in [-0.4, -0.2) is 12.3 Å². The summed E-state index contributed by atoms with van der Waals surface area (Å²) in [6.07, 6.45) is 0.296. The Bertz CT molecular complexity index is 458. The Morgan fingerprint density at radius 1 is 1.35 bits per heavy atom. The van der Waals surface area contributed by atoms with Gasteiger partial charge in [-0.3, -0.25) is 9.59 Å². The molecule has 92 valence electrons. The summed E-state index contributed by atoms with van der Waals surface area (Å²) in [5, 5.41) is 0. The Morgan fingerprint density at radius 3 is 2.53 bits per heavy atom. The first-order valence-corrected chi connectivity index (χ1v) is 4.84. The molecule has 0 heterocycles. The molecule has 6 heteroatoms. The fourth-order valence-electron chi connectivity index (χ4n) is 1.16. The number of halogens is 3. The number of carbonyl (C=O) groups is 2. The van der Waals surface area contributed by atoms with Crippen molar-refractivity contribution in [2.45, 2.75) is 19.8 Å². The van der Waals surface area contributed by atoms with E-state index in [0.717, 1.165) is 0 Å². The van der Waals surface area contributed by atoms with Crippen molar-refractivity contribution in [2.24, 2.45) is 0 Å². The summed E-state index contributed by atoms with van der Waals surface area (Å²) in [6.45, 7) is 1.69. The number of rotatable bonds is 4. The van der Waals surface area contributed by atoms with E-state index in [1.165, 1.54) is 0 Å².